The average Bonchev–Trinajstić information content (AvgIpc) is 3.46. The van der Waals surface area contributed by atoms with Crippen molar-refractivity contribution in [3.63, 3.8) is 0 Å². The number of methoxy groups -OCH3 is 1. The standard InChI is InChI=1S/C28H28FNO6/c1-17(2)12-14-36-22-11-8-19(15-23(22)34-3)25-24(26(31)18-6-9-20(29)10-7-18)27(32)28(33)30(25)16-21-5-4-13-35-21/h4-11,13,15,17,25,31H,12,14,16H2,1-3H3/t25-/m1/s1. The van der Waals surface area contributed by atoms with Gasteiger partial charge in [-0.25, -0.2) is 4.39 Å². The minimum atomic E-state index is -0.932. The predicted molar refractivity (Wildman–Crippen MR) is 131 cm³/mol. The number of Topliss-reactive ketones (excluding diaryl/α,β-unsaturated/α-hetero) is 1. The fourth-order valence-electron chi connectivity index (χ4n) is 4.10. The monoisotopic (exact) mass is 493 g/mol. The molecule has 1 aromatic heterocycles. The summed E-state index contributed by atoms with van der Waals surface area (Å²) in [7, 11) is 1.51. The fraction of sp³-hybridized carbons (Fsp3) is 0.286. The first-order valence-electron chi connectivity index (χ1n) is 11.7. The summed E-state index contributed by atoms with van der Waals surface area (Å²) >= 11 is 0. The van der Waals surface area contributed by atoms with Crippen LogP contribution in [0.2, 0.25) is 0 Å². The fourth-order valence-corrected chi connectivity index (χ4v) is 4.10. The van der Waals surface area contributed by atoms with Gasteiger partial charge in [-0.2, -0.15) is 0 Å². The molecule has 0 bridgehead atoms. The number of halogens is 1. The zero-order valence-corrected chi connectivity index (χ0v) is 20.4. The molecule has 2 aromatic carbocycles. The Hall–Kier alpha value is -4.07. The quantitative estimate of drug-likeness (QED) is 0.241. The second-order valence-electron chi connectivity index (χ2n) is 8.95. The number of ether oxygens (including phenoxy) is 2. The topological polar surface area (TPSA) is 89.2 Å². The first kappa shape index (κ1) is 25.0. The Bertz CT molecular complexity index is 1260. The molecule has 3 aromatic rings. The summed E-state index contributed by atoms with van der Waals surface area (Å²) in [6.07, 6.45) is 2.34. The van der Waals surface area contributed by atoms with Gasteiger partial charge in [0.2, 0.25) is 0 Å². The minimum Gasteiger partial charge on any atom is -0.507 e. The van der Waals surface area contributed by atoms with Crippen LogP contribution in [0.1, 0.15) is 43.2 Å². The predicted octanol–water partition coefficient (Wildman–Crippen LogP) is 5.47. The Morgan fingerprint density at radius 2 is 1.86 bits per heavy atom. The first-order valence-corrected chi connectivity index (χ1v) is 11.7. The molecule has 4 rings (SSSR count). The number of aliphatic hydroxyl groups is 1. The van der Waals surface area contributed by atoms with Crippen LogP contribution in [-0.2, 0) is 16.1 Å². The normalized spacial score (nSPS) is 17.1. The Kier molecular flexibility index (Phi) is 7.43. The lowest BCUT2D eigenvalue weighted by Crippen LogP contribution is -2.29. The lowest BCUT2D eigenvalue weighted by molar-refractivity contribution is -0.140. The maximum Gasteiger partial charge on any atom is 0.296 e. The van der Waals surface area contributed by atoms with Gasteiger partial charge >= 0.3 is 0 Å². The van der Waals surface area contributed by atoms with Gasteiger partial charge in [0.05, 0.1) is 38.1 Å². The van der Waals surface area contributed by atoms with Gasteiger partial charge in [0.1, 0.15) is 17.3 Å². The molecule has 0 saturated carbocycles. The van der Waals surface area contributed by atoms with E-state index >= 15 is 0 Å². The van der Waals surface area contributed by atoms with Crippen LogP contribution in [0.5, 0.6) is 11.5 Å². The Morgan fingerprint density at radius 3 is 2.50 bits per heavy atom. The van der Waals surface area contributed by atoms with Crippen molar-refractivity contribution in [1.82, 2.24) is 4.90 Å². The lowest BCUT2D eigenvalue weighted by atomic mass is 9.95. The van der Waals surface area contributed by atoms with Crippen LogP contribution in [-0.4, -0.2) is 35.4 Å². The number of hydrogen-bond acceptors (Lipinski definition) is 6. The van der Waals surface area contributed by atoms with E-state index < -0.39 is 29.3 Å². The van der Waals surface area contributed by atoms with Crippen LogP contribution in [0.25, 0.3) is 5.76 Å². The highest BCUT2D eigenvalue weighted by Crippen LogP contribution is 2.42. The highest BCUT2D eigenvalue weighted by atomic mass is 19.1. The molecule has 7 nitrogen and oxygen atoms in total. The Labute approximate surface area is 208 Å². The third-order valence-electron chi connectivity index (χ3n) is 6.02. The van der Waals surface area contributed by atoms with Crippen molar-refractivity contribution in [2.45, 2.75) is 32.9 Å². The van der Waals surface area contributed by atoms with E-state index in [4.69, 9.17) is 13.9 Å². The molecule has 1 aliphatic heterocycles. The highest BCUT2D eigenvalue weighted by molar-refractivity contribution is 6.46. The third-order valence-corrected chi connectivity index (χ3v) is 6.02. The zero-order valence-electron chi connectivity index (χ0n) is 20.4. The number of nitrogens with zero attached hydrogens (tertiary/aromatic N) is 1. The van der Waals surface area contributed by atoms with Gasteiger partial charge in [-0.3, -0.25) is 9.59 Å². The molecule has 2 heterocycles. The number of benzene rings is 2. The molecule has 36 heavy (non-hydrogen) atoms. The van der Waals surface area contributed by atoms with Crippen LogP contribution in [0.15, 0.2) is 70.9 Å². The van der Waals surface area contributed by atoms with Gasteiger partial charge in [-0.15, -0.1) is 0 Å². The summed E-state index contributed by atoms with van der Waals surface area (Å²) in [4.78, 5) is 27.6. The van der Waals surface area contributed by atoms with E-state index in [1.165, 1.54) is 42.5 Å². The number of likely N-dealkylation sites (tertiary alicyclic amines) is 1. The Morgan fingerprint density at radius 1 is 1.11 bits per heavy atom. The van der Waals surface area contributed by atoms with Crippen molar-refractivity contribution in [2.24, 2.45) is 5.92 Å². The highest BCUT2D eigenvalue weighted by Gasteiger charge is 2.46. The maximum atomic E-state index is 13.5. The van der Waals surface area contributed by atoms with E-state index in [1.54, 1.807) is 30.3 Å². The van der Waals surface area contributed by atoms with E-state index in [0.29, 0.717) is 35.3 Å². The molecular formula is C28H28FNO6. The molecule has 1 fully saturated rings. The summed E-state index contributed by atoms with van der Waals surface area (Å²) in [5, 5.41) is 11.1. The first-order chi connectivity index (χ1) is 17.3. The van der Waals surface area contributed by atoms with E-state index in [9.17, 15) is 19.1 Å². The van der Waals surface area contributed by atoms with Crippen molar-refractivity contribution in [3.05, 3.63) is 89.1 Å². The number of amides is 1. The van der Waals surface area contributed by atoms with Crippen LogP contribution in [0.3, 0.4) is 0 Å². The Balaban J connectivity index is 1.79. The number of rotatable bonds is 9. The lowest BCUT2D eigenvalue weighted by Gasteiger charge is -2.25. The van der Waals surface area contributed by atoms with Gasteiger partial charge < -0.3 is 23.9 Å². The summed E-state index contributed by atoms with van der Waals surface area (Å²) in [5.74, 6) is -0.589. The number of aliphatic hydroxyl groups excluding tert-OH is 1. The van der Waals surface area contributed by atoms with E-state index in [1.807, 2.05) is 0 Å². The second-order valence-corrected chi connectivity index (χ2v) is 8.95. The van der Waals surface area contributed by atoms with Crippen LogP contribution < -0.4 is 9.47 Å². The molecule has 0 radical (unpaired) electrons. The van der Waals surface area contributed by atoms with Gasteiger partial charge in [0.15, 0.2) is 11.5 Å². The second kappa shape index (κ2) is 10.7. The van der Waals surface area contributed by atoms with Gasteiger partial charge in [0.25, 0.3) is 11.7 Å². The van der Waals surface area contributed by atoms with Gasteiger partial charge in [0, 0.05) is 5.56 Å². The molecule has 0 unspecified atom stereocenters. The van der Waals surface area contributed by atoms with E-state index in [0.717, 1.165) is 6.42 Å². The summed E-state index contributed by atoms with van der Waals surface area (Å²) in [6.45, 7) is 4.73. The molecule has 8 heteroatoms. The molecule has 188 valence electrons. The largest absolute Gasteiger partial charge is 0.507 e. The minimum absolute atomic E-state index is 0.0113. The number of hydrogen-bond donors (Lipinski definition) is 1. The summed E-state index contributed by atoms with van der Waals surface area (Å²) in [5.41, 5.74) is 0.657. The molecule has 1 saturated heterocycles. The summed E-state index contributed by atoms with van der Waals surface area (Å²) < 4.78 is 30.3. The molecule has 0 spiro atoms. The van der Waals surface area contributed by atoms with Crippen molar-refractivity contribution in [1.29, 1.82) is 0 Å². The van der Waals surface area contributed by atoms with Crippen LogP contribution in [0.4, 0.5) is 4.39 Å². The maximum absolute atomic E-state index is 13.5. The van der Waals surface area contributed by atoms with Crippen LogP contribution >= 0.6 is 0 Å². The SMILES string of the molecule is COc1cc([C@@H]2C(=C(O)c3ccc(F)cc3)C(=O)C(=O)N2Cc2ccco2)ccc1OCCC(C)C. The number of carbonyl (C=O) groups is 2. The van der Waals surface area contributed by atoms with Crippen molar-refractivity contribution < 1.29 is 33.0 Å². The molecule has 1 atom stereocenters. The van der Waals surface area contributed by atoms with Crippen molar-refractivity contribution in [2.75, 3.05) is 13.7 Å². The van der Waals surface area contributed by atoms with E-state index in [-0.39, 0.29) is 17.7 Å². The molecule has 1 N–H and O–H groups in total. The smallest absolute Gasteiger partial charge is 0.296 e. The zero-order chi connectivity index (χ0) is 25.8. The van der Waals surface area contributed by atoms with Crippen molar-refractivity contribution in [3.8, 4) is 11.5 Å². The molecule has 0 aliphatic carbocycles. The van der Waals surface area contributed by atoms with Crippen LogP contribution in [0, 0.1) is 11.7 Å². The average molecular weight is 494 g/mol. The van der Waals surface area contributed by atoms with E-state index in [2.05, 4.69) is 13.8 Å². The van der Waals surface area contributed by atoms with Gasteiger partial charge in [-0.1, -0.05) is 19.9 Å². The number of furan rings is 1. The number of carbonyl (C=O) groups excluding carboxylic acids is 2. The molecule has 1 amide bonds. The molecular weight excluding hydrogens is 465 g/mol. The number of ketones is 1. The molecule has 1 aliphatic rings. The third kappa shape index (κ3) is 5.12. The van der Waals surface area contributed by atoms with Crippen molar-refractivity contribution >= 4 is 17.4 Å². The summed E-state index contributed by atoms with van der Waals surface area (Å²) in [6, 6.07) is 12.7. The van der Waals surface area contributed by atoms with Gasteiger partial charge in [-0.05, 0) is 66.4 Å².